The Kier molecular flexibility index (Phi) is 4.37. The minimum atomic E-state index is 0.137. The van der Waals surface area contributed by atoms with Gasteiger partial charge in [-0.15, -0.1) is 0 Å². The van der Waals surface area contributed by atoms with Crippen LogP contribution >= 0.6 is 0 Å². The quantitative estimate of drug-likeness (QED) is 0.262. The van der Waals surface area contributed by atoms with Crippen LogP contribution in [0, 0.1) is 22.7 Å². The first-order valence-electron chi connectivity index (χ1n) is 11.9. The summed E-state index contributed by atoms with van der Waals surface area (Å²) in [6, 6.07) is 30.8. The first-order chi connectivity index (χ1) is 17.7. The maximum absolute atomic E-state index is 9.49. The molecule has 4 heteroatoms. The molecule has 1 aliphatic carbocycles. The minimum Gasteiger partial charge on any atom is -0.456 e. The van der Waals surface area contributed by atoms with E-state index < -0.39 is 0 Å². The molecule has 0 saturated carbocycles. The summed E-state index contributed by atoms with van der Waals surface area (Å²) >= 11 is 0. The Bertz CT molecular complexity index is 2000. The Morgan fingerprint density at radius 3 is 2.25 bits per heavy atom. The number of benzene rings is 4. The van der Waals surface area contributed by atoms with Crippen molar-refractivity contribution in [2.24, 2.45) is 0 Å². The third kappa shape index (κ3) is 2.92. The summed E-state index contributed by atoms with van der Waals surface area (Å²) in [6.07, 6.45) is 7.41. The maximum Gasteiger partial charge on any atom is 0.135 e. The lowest BCUT2D eigenvalue weighted by Gasteiger charge is -2.25. The molecule has 4 aromatic carbocycles. The van der Waals surface area contributed by atoms with Gasteiger partial charge in [0.05, 0.1) is 34.3 Å². The predicted octanol–water partition coefficient (Wildman–Crippen LogP) is 8.02. The monoisotopic (exact) mass is 461 g/mol. The number of allylic oxidation sites excluding steroid dienone is 4. The zero-order valence-corrected chi connectivity index (χ0v) is 19.3. The summed E-state index contributed by atoms with van der Waals surface area (Å²) in [7, 11) is 0. The van der Waals surface area contributed by atoms with Crippen LogP contribution in [-0.4, -0.2) is 4.57 Å². The summed E-state index contributed by atoms with van der Waals surface area (Å²) in [4.78, 5) is 0. The molecule has 0 N–H and O–H groups in total. The lowest BCUT2D eigenvalue weighted by atomic mass is 9.88. The lowest BCUT2D eigenvalue weighted by molar-refractivity contribution is 0.668. The van der Waals surface area contributed by atoms with E-state index in [-0.39, 0.29) is 5.92 Å². The van der Waals surface area contributed by atoms with Gasteiger partial charge in [0, 0.05) is 33.2 Å². The van der Waals surface area contributed by atoms with Gasteiger partial charge in [-0.3, -0.25) is 0 Å². The van der Waals surface area contributed by atoms with Crippen LogP contribution < -0.4 is 0 Å². The van der Waals surface area contributed by atoms with Crippen LogP contribution in [0.1, 0.15) is 29.0 Å². The molecule has 0 spiro atoms. The van der Waals surface area contributed by atoms with Crippen molar-refractivity contribution >= 4 is 49.4 Å². The second-order valence-electron chi connectivity index (χ2n) is 9.18. The highest BCUT2D eigenvalue weighted by Gasteiger charge is 2.24. The summed E-state index contributed by atoms with van der Waals surface area (Å²) in [6.45, 7) is 0. The molecule has 4 nitrogen and oxygen atoms in total. The van der Waals surface area contributed by atoms with Crippen LogP contribution in [0.3, 0.4) is 0 Å². The Labute approximate surface area is 207 Å². The van der Waals surface area contributed by atoms with E-state index in [0.29, 0.717) is 11.1 Å². The smallest absolute Gasteiger partial charge is 0.135 e. The number of hydrogen-bond donors (Lipinski definition) is 0. The molecular formula is C32H19N3O. The van der Waals surface area contributed by atoms with Crippen molar-refractivity contribution in [1.82, 2.24) is 4.57 Å². The largest absolute Gasteiger partial charge is 0.456 e. The average Bonchev–Trinajstić information content (AvgIpc) is 3.47. The van der Waals surface area contributed by atoms with E-state index in [9.17, 15) is 10.5 Å². The van der Waals surface area contributed by atoms with Gasteiger partial charge in [0.15, 0.2) is 0 Å². The van der Waals surface area contributed by atoms with Crippen molar-refractivity contribution in [3.05, 3.63) is 114 Å². The molecule has 2 heterocycles. The molecule has 1 aliphatic rings. The standard InChI is InChI=1S/C32H19N3O/c33-18-20-9-12-30-25(15-20)24-6-2-4-8-29(24)35(30)28-7-3-1-5-23(28)22-11-14-32-27(17-22)26-16-21(19-34)10-13-31(26)36-32/h1-4,6-17,23H,5H2. The molecule has 7 rings (SSSR count). The van der Waals surface area contributed by atoms with Gasteiger partial charge in [0.2, 0.25) is 0 Å². The molecule has 6 aromatic rings. The Hall–Kier alpha value is -5.06. The highest BCUT2D eigenvalue weighted by atomic mass is 16.3. The van der Waals surface area contributed by atoms with Gasteiger partial charge in [-0.2, -0.15) is 10.5 Å². The van der Waals surface area contributed by atoms with Gasteiger partial charge in [0.25, 0.3) is 0 Å². The van der Waals surface area contributed by atoms with E-state index in [1.807, 2.05) is 36.4 Å². The fraction of sp³-hybridized carbons (Fsp3) is 0.0625. The highest BCUT2D eigenvalue weighted by molar-refractivity contribution is 6.11. The lowest BCUT2D eigenvalue weighted by Crippen LogP contribution is -2.10. The number of rotatable bonds is 2. The average molecular weight is 462 g/mol. The number of hydrogen-bond acceptors (Lipinski definition) is 3. The molecule has 0 saturated heterocycles. The molecule has 0 aliphatic heterocycles. The van der Waals surface area contributed by atoms with E-state index in [2.05, 4.69) is 71.3 Å². The van der Waals surface area contributed by atoms with E-state index in [0.717, 1.165) is 50.2 Å². The third-order valence-electron chi connectivity index (χ3n) is 7.22. The normalized spacial score (nSPS) is 15.4. The minimum absolute atomic E-state index is 0.137. The van der Waals surface area contributed by atoms with E-state index >= 15 is 0 Å². The first-order valence-corrected chi connectivity index (χ1v) is 11.9. The zero-order valence-electron chi connectivity index (χ0n) is 19.3. The third-order valence-corrected chi connectivity index (χ3v) is 7.22. The van der Waals surface area contributed by atoms with Crippen LogP contribution in [-0.2, 0) is 0 Å². The van der Waals surface area contributed by atoms with Crippen molar-refractivity contribution in [2.45, 2.75) is 12.3 Å². The second-order valence-corrected chi connectivity index (χ2v) is 9.18. The molecule has 1 atom stereocenters. The highest BCUT2D eigenvalue weighted by Crippen LogP contribution is 2.42. The Morgan fingerprint density at radius 2 is 1.42 bits per heavy atom. The molecule has 2 aromatic heterocycles. The molecule has 0 amide bonds. The first kappa shape index (κ1) is 20.3. The van der Waals surface area contributed by atoms with E-state index in [4.69, 9.17) is 4.42 Å². The summed E-state index contributed by atoms with van der Waals surface area (Å²) in [5.41, 5.74) is 7.50. The van der Waals surface area contributed by atoms with Gasteiger partial charge < -0.3 is 8.98 Å². The summed E-state index contributed by atoms with van der Waals surface area (Å²) in [5, 5.41) is 23.1. The number of furan rings is 1. The predicted molar refractivity (Wildman–Crippen MR) is 143 cm³/mol. The van der Waals surface area contributed by atoms with Crippen LogP contribution in [0.25, 0.3) is 49.4 Å². The van der Waals surface area contributed by atoms with Crippen molar-refractivity contribution in [3.8, 4) is 12.1 Å². The van der Waals surface area contributed by atoms with Crippen molar-refractivity contribution in [2.75, 3.05) is 0 Å². The maximum atomic E-state index is 9.49. The van der Waals surface area contributed by atoms with Crippen LogP contribution in [0.5, 0.6) is 0 Å². The fourth-order valence-electron chi connectivity index (χ4n) is 5.56. The molecule has 0 fully saturated rings. The van der Waals surface area contributed by atoms with Crippen LogP contribution in [0.15, 0.2) is 102 Å². The SMILES string of the molecule is N#Cc1ccc2oc3ccc(C4CC=CC=C4n4c5ccccc5c5cc(C#N)ccc54)cc3c2c1. The van der Waals surface area contributed by atoms with Gasteiger partial charge >= 0.3 is 0 Å². The van der Waals surface area contributed by atoms with Gasteiger partial charge in [-0.05, 0) is 72.7 Å². The molecule has 168 valence electrons. The molecule has 0 radical (unpaired) electrons. The molecule has 36 heavy (non-hydrogen) atoms. The van der Waals surface area contributed by atoms with E-state index in [1.165, 1.54) is 11.3 Å². The number of fused-ring (bicyclic) bond motifs is 6. The van der Waals surface area contributed by atoms with Crippen LogP contribution in [0.4, 0.5) is 0 Å². The Morgan fingerprint density at radius 1 is 0.722 bits per heavy atom. The van der Waals surface area contributed by atoms with Gasteiger partial charge in [0.1, 0.15) is 11.2 Å². The van der Waals surface area contributed by atoms with Gasteiger partial charge in [-0.1, -0.05) is 36.4 Å². The Balaban J connectivity index is 1.45. The van der Waals surface area contributed by atoms with Crippen molar-refractivity contribution < 1.29 is 4.42 Å². The number of nitrogens with zero attached hydrogens (tertiary/aromatic N) is 3. The zero-order chi connectivity index (χ0) is 24.2. The summed E-state index contributed by atoms with van der Waals surface area (Å²) in [5.74, 6) is 0.137. The fourth-order valence-corrected chi connectivity index (χ4v) is 5.56. The molecule has 1 unspecified atom stereocenters. The molecule has 0 bridgehead atoms. The second kappa shape index (κ2) is 7.73. The number of nitriles is 2. The molecular weight excluding hydrogens is 442 g/mol. The number of para-hydroxylation sites is 1. The van der Waals surface area contributed by atoms with Crippen molar-refractivity contribution in [3.63, 3.8) is 0 Å². The summed E-state index contributed by atoms with van der Waals surface area (Å²) < 4.78 is 8.40. The van der Waals surface area contributed by atoms with Crippen molar-refractivity contribution in [1.29, 1.82) is 10.5 Å². The topological polar surface area (TPSA) is 65.7 Å². The van der Waals surface area contributed by atoms with E-state index in [1.54, 1.807) is 6.07 Å². The van der Waals surface area contributed by atoms with Crippen LogP contribution in [0.2, 0.25) is 0 Å². The van der Waals surface area contributed by atoms with Gasteiger partial charge in [-0.25, -0.2) is 0 Å². The number of aromatic nitrogens is 1.